The first-order chi connectivity index (χ1) is 7.85. The van der Waals surface area contributed by atoms with E-state index in [2.05, 4.69) is 0 Å². The van der Waals surface area contributed by atoms with E-state index in [1.54, 1.807) is 12.1 Å². The van der Waals surface area contributed by atoms with Gasteiger partial charge in [0.1, 0.15) is 12.5 Å². The van der Waals surface area contributed by atoms with E-state index >= 15 is 0 Å². The highest BCUT2D eigenvalue weighted by atomic mass is 19.4. The zero-order valence-electron chi connectivity index (χ0n) is 8.95. The van der Waals surface area contributed by atoms with Gasteiger partial charge in [-0.25, -0.2) is 0 Å². The van der Waals surface area contributed by atoms with Gasteiger partial charge < -0.3 is 4.90 Å². The molecule has 3 nitrogen and oxygen atoms in total. The fraction of sp³-hybridized carbons (Fsp3) is 0.273. The van der Waals surface area contributed by atoms with Crippen LogP contribution in [-0.2, 0) is 4.79 Å². The number of nitrogens with zero attached hydrogens (tertiary/aromatic N) is 2. The van der Waals surface area contributed by atoms with E-state index in [4.69, 9.17) is 5.26 Å². The molecule has 1 rings (SSSR count). The molecule has 0 spiro atoms. The Kier molecular flexibility index (Phi) is 3.73. The number of halogens is 3. The number of anilines is 1. The number of hydrogen-bond donors (Lipinski definition) is 0. The van der Waals surface area contributed by atoms with Gasteiger partial charge in [-0.05, 0) is 12.1 Å². The number of carbonyl (C=O) groups excluding carboxylic acids is 1. The highest BCUT2D eigenvalue weighted by Crippen LogP contribution is 2.24. The molecule has 0 aliphatic carbocycles. The van der Waals surface area contributed by atoms with Crippen molar-refractivity contribution in [3.8, 4) is 6.07 Å². The first kappa shape index (κ1) is 13.0. The van der Waals surface area contributed by atoms with Crippen LogP contribution in [0.3, 0.4) is 0 Å². The van der Waals surface area contributed by atoms with Gasteiger partial charge in [-0.2, -0.15) is 18.4 Å². The lowest BCUT2D eigenvalue weighted by atomic mass is 10.1. The van der Waals surface area contributed by atoms with Crippen molar-refractivity contribution in [2.75, 3.05) is 11.9 Å². The van der Waals surface area contributed by atoms with Crippen LogP contribution in [0.5, 0.6) is 0 Å². The molecule has 0 unspecified atom stereocenters. The minimum absolute atomic E-state index is 0.158. The molecule has 0 radical (unpaired) electrons. The Balaban J connectivity index is 2.94. The average molecular weight is 242 g/mol. The van der Waals surface area contributed by atoms with Crippen molar-refractivity contribution < 1.29 is 18.0 Å². The van der Waals surface area contributed by atoms with Crippen LogP contribution < -0.4 is 4.90 Å². The van der Waals surface area contributed by atoms with E-state index in [1.165, 1.54) is 19.2 Å². The molecule has 17 heavy (non-hydrogen) atoms. The largest absolute Gasteiger partial charge is 0.397 e. The molecule has 6 heteroatoms. The normalized spacial score (nSPS) is 10.8. The van der Waals surface area contributed by atoms with E-state index < -0.39 is 18.5 Å². The molecular weight excluding hydrogens is 233 g/mol. The second kappa shape index (κ2) is 4.87. The summed E-state index contributed by atoms with van der Waals surface area (Å²) in [7, 11) is 1.21. The Labute approximate surface area is 96.1 Å². The van der Waals surface area contributed by atoms with Crippen molar-refractivity contribution in [3.63, 3.8) is 0 Å². The topological polar surface area (TPSA) is 44.1 Å². The molecule has 0 aliphatic heterocycles. The van der Waals surface area contributed by atoms with Gasteiger partial charge in [0, 0.05) is 7.05 Å². The zero-order valence-corrected chi connectivity index (χ0v) is 8.95. The summed E-state index contributed by atoms with van der Waals surface area (Å²) in [6, 6.07) is 7.80. The van der Waals surface area contributed by atoms with Crippen LogP contribution >= 0.6 is 0 Å². The third-order valence-electron chi connectivity index (χ3n) is 2.11. The van der Waals surface area contributed by atoms with Crippen LogP contribution in [0.25, 0.3) is 0 Å². The Bertz CT molecular complexity index is 463. The lowest BCUT2D eigenvalue weighted by Gasteiger charge is -2.19. The lowest BCUT2D eigenvalue weighted by Crippen LogP contribution is -2.31. The fourth-order valence-corrected chi connectivity index (χ4v) is 1.29. The molecule has 0 saturated carbocycles. The molecular formula is C11H9F3N2O. The van der Waals surface area contributed by atoms with Crippen LogP contribution in [0.4, 0.5) is 18.9 Å². The third kappa shape index (κ3) is 3.48. The summed E-state index contributed by atoms with van der Waals surface area (Å²) in [5, 5.41) is 8.77. The van der Waals surface area contributed by atoms with Crippen molar-refractivity contribution in [3.05, 3.63) is 29.8 Å². The smallest absolute Gasteiger partial charge is 0.314 e. The molecule has 1 amide bonds. The maximum Gasteiger partial charge on any atom is 0.397 e. The van der Waals surface area contributed by atoms with Gasteiger partial charge >= 0.3 is 6.18 Å². The minimum atomic E-state index is -4.55. The van der Waals surface area contributed by atoms with E-state index in [9.17, 15) is 18.0 Å². The van der Waals surface area contributed by atoms with Crippen molar-refractivity contribution in [1.29, 1.82) is 5.26 Å². The SMILES string of the molecule is CN(C(=O)CC(F)(F)F)c1ccccc1C#N. The zero-order chi connectivity index (χ0) is 13.1. The third-order valence-corrected chi connectivity index (χ3v) is 2.11. The number of benzene rings is 1. The fourth-order valence-electron chi connectivity index (χ4n) is 1.29. The van der Waals surface area contributed by atoms with E-state index in [1.807, 2.05) is 6.07 Å². The van der Waals surface area contributed by atoms with Crippen molar-refractivity contribution in [1.82, 2.24) is 0 Å². The van der Waals surface area contributed by atoms with Crippen LogP contribution in [0.2, 0.25) is 0 Å². The Morgan fingerprint density at radius 1 is 1.41 bits per heavy atom. The molecule has 90 valence electrons. The van der Waals surface area contributed by atoms with Crippen LogP contribution in [0.1, 0.15) is 12.0 Å². The minimum Gasteiger partial charge on any atom is -0.314 e. The number of rotatable bonds is 2. The molecule has 0 aromatic heterocycles. The number of alkyl halides is 3. The van der Waals surface area contributed by atoms with E-state index in [-0.39, 0.29) is 11.3 Å². The van der Waals surface area contributed by atoms with Gasteiger partial charge in [-0.3, -0.25) is 4.79 Å². The van der Waals surface area contributed by atoms with Gasteiger partial charge in [0.05, 0.1) is 11.3 Å². The van der Waals surface area contributed by atoms with E-state index in [0.717, 1.165) is 4.90 Å². The second-order valence-corrected chi connectivity index (χ2v) is 3.37. The predicted octanol–water partition coefficient (Wildman–Crippen LogP) is 2.47. The summed E-state index contributed by atoms with van der Waals surface area (Å²) >= 11 is 0. The summed E-state index contributed by atoms with van der Waals surface area (Å²) in [6.45, 7) is 0. The molecule has 0 saturated heterocycles. The van der Waals surface area contributed by atoms with Crippen molar-refractivity contribution in [2.45, 2.75) is 12.6 Å². The van der Waals surface area contributed by atoms with Crippen LogP contribution in [0, 0.1) is 11.3 Å². The summed E-state index contributed by atoms with van der Waals surface area (Å²) in [4.78, 5) is 12.2. The summed E-state index contributed by atoms with van der Waals surface area (Å²) < 4.78 is 36.2. The Hall–Kier alpha value is -2.03. The molecule has 0 bridgehead atoms. The standard InChI is InChI=1S/C11H9F3N2O/c1-16(10(17)6-11(12,13)14)9-5-3-2-4-8(9)7-15/h2-5H,6H2,1H3. The van der Waals surface area contributed by atoms with Crippen molar-refractivity contribution >= 4 is 11.6 Å². The van der Waals surface area contributed by atoms with Gasteiger partial charge in [0.2, 0.25) is 5.91 Å². The van der Waals surface area contributed by atoms with Gasteiger partial charge in [0.25, 0.3) is 0 Å². The molecule has 1 aromatic rings. The summed E-state index contributed by atoms with van der Waals surface area (Å²) in [5.41, 5.74) is 0.328. The quantitative estimate of drug-likeness (QED) is 0.799. The average Bonchev–Trinajstić information content (AvgIpc) is 2.25. The predicted molar refractivity (Wildman–Crippen MR) is 55.2 cm³/mol. The molecule has 1 aromatic carbocycles. The first-order valence-corrected chi connectivity index (χ1v) is 4.67. The summed E-state index contributed by atoms with van der Waals surface area (Å²) in [6.07, 6.45) is -6.09. The highest BCUT2D eigenvalue weighted by molar-refractivity contribution is 5.94. The number of carbonyl (C=O) groups is 1. The monoisotopic (exact) mass is 242 g/mol. The number of hydrogen-bond acceptors (Lipinski definition) is 2. The highest BCUT2D eigenvalue weighted by Gasteiger charge is 2.33. The molecule has 0 fully saturated rings. The van der Waals surface area contributed by atoms with Gasteiger partial charge in [0.15, 0.2) is 0 Å². The lowest BCUT2D eigenvalue weighted by molar-refractivity contribution is -0.151. The molecule has 0 atom stereocenters. The maximum atomic E-state index is 12.1. The molecule has 0 heterocycles. The number of amides is 1. The van der Waals surface area contributed by atoms with Gasteiger partial charge in [-0.1, -0.05) is 12.1 Å². The van der Waals surface area contributed by atoms with Crippen molar-refractivity contribution in [2.24, 2.45) is 0 Å². The van der Waals surface area contributed by atoms with Crippen LogP contribution in [-0.4, -0.2) is 19.1 Å². The second-order valence-electron chi connectivity index (χ2n) is 3.37. The maximum absolute atomic E-state index is 12.1. The number of nitriles is 1. The van der Waals surface area contributed by atoms with Gasteiger partial charge in [-0.15, -0.1) is 0 Å². The first-order valence-electron chi connectivity index (χ1n) is 4.67. The molecule has 0 N–H and O–H groups in total. The van der Waals surface area contributed by atoms with Crippen LogP contribution in [0.15, 0.2) is 24.3 Å². The summed E-state index contributed by atoms with van der Waals surface area (Å²) in [5.74, 6) is -1.10. The Morgan fingerprint density at radius 2 is 2.00 bits per heavy atom. The molecule has 0 aliphatic rings. The number of para-hydroxylation sites is 1. The van der Waals surface area contributed by atoms with E-state index in [0.29, 0.717) is 0 Å². The Morgan fingerprint density at radius 3 is 2.53 bits per heavy atom.